The van der Waals surface area contributed by atoms with Gasteiger partial charge in [0.1, 0.15) is 52.3 Å². The van der Waals surface area contributed by atoms with Crippen LogP contribution in [0.3, 0.4) is 0 Å². The van der Waals surface area contributed by atoms with Crippen molar-refractivity contribution in [2.75, 3.05) is 0 Å². The smallest absolute Gasteiger partial charge is 0.284 e. The van der Waals surface area contributed by atoms with Crippen LogP contribution in [0.15, 0.2) is 198 Å². The van der Waals surface area contributed by atoms with Crippen LogP contribution in [-0.4, -0.2) is 47.4 Å². The molecule has 1 aliphatic carbocycles. The normalized spacial score (nSPS) is 15.9. The molecule has 13 aromatic rings. The number of phenols is 1. The number of benzene rings is 10. The van der Waals surface area contributed by atoms with E-state index in [4.69, 9.17) is 68.3 Å². The van der Waals surface area contributed by atoms with E-state index in [1.54, 1.807) is 18.5 Å². The van der Waals surface area contributed by atoms with Crippen LogP contribution < -0.4 is 38.6 Å². The molecule has 126 heavy (non-hydrogen) atoms. The van der Waals surface area contributed by atoms with Gasteiger partial charge in [-0.3, -0.25) is 9.98 Å². The summed E-state index contributed by atoms with van der Waals surface area (Å²) in [6, 6.07) is 60.1. The van der Waals surface area contributed by atoms with E-state index in [9.17, 15) is 5.11 Å². The maximum absolute atomic E-state index is 17.9. The molecule has 3 aliphatic heterocycles. The van der Waals surface area contributed by atoms with E-state index in [2.05, 4.69) is 99.6 Å². The fourth-order valence-electron chi connectivity index (χ4n) is 18.3. The van der Waals surface area contributed by atoms with Gasteiger partial charge in [-0.05, 0) is 124 Å². The van der Waals surface area contributed by atoms with E-state index in [0.29, 0.717) is 122 Å². The first-order valence-electron chi connectivity index (χ1n) is 44.8. The van der Waals surface area contributed by atoms with Gasteiger partial charge < -0.3 is 54.7 Å². The molecule has 0 fully saturated rings. The van der Waals surface area contributed by atoms with Crippen LogP contribution in [0.4, 0.5) is 0 Å². The summed E-state index contributed by atoms with van der Waals surface area (Å²) in [4.78, 5) is 43.2. The third-order valence-corrected chi connectivity index (χ3v) is 25.0. The average Bonchev–Trinajstić information content (AvgIpc) is 1.50. The fraction of sp³-hybridized carbons (Fsp3) is 0.358. The number of fused-ring (bicyclic) bond motifs is 8. The Labute approximate surface area is 763 Å². The first kappa shape index (κ1) is 91.0. The number of hydrogen-bond acceptors (Lipinski definition) is 17. The second kappa shape index (κ2) is 39.7. The van der Waals surface area contributed by atoms with Gasteiger partial charge >= 0.3 is 0 Å². The van der Waals surface area contributed by atoms with Crippen LogP contribution in [-0.2, 0) is 21.8 Å². The summed E-state index contributed by atoms with van der Waals surface area (Å²) >= 11 is 0. The predicted octanol–water partition coefficient (Wildman–Crippen LogP) is 27.2. The van der Waals surface area contributed by atoms with Gasteiger partial charge in [0.25, 0.3) is 35.3 Å². The van der Waals surface area contributed by atoms with Crippen molar-refractivity contribution in [2.24, 2.45) is 9.98 Å². The number of rotatable bonds is 27. The topological polar surface area (TPSA) is 281 Å². The molecule has 0 amide bonds. The molecule has 6 atom stereocenters. The third-order valence-electron chi connectivity index (χ3n) is 25.0. The quantitative estimate of drug-likeness (QED) is 0.0370. The van der Waals surface area contributed by atoms with Crippen LogP contribution in [0.2, 0.25) is 0 Å². The van der Waals surface area contributed by atoms with Crippen LogP contribution in [0.1, 0.15) is 311 Å². The third kappa shape index (κ3) is 19.1. The van der Waals surface area contributed by atoms with E-state index in [0.717, 1.165) is 141 Å². The average molecular weight is 1910 g/mol. The summed E-state index contributed by atoms with van der Waals surface area (Å²) in [5.74, 6) is 0.114. The minimum absolute atomic E-state index is 0. The number of phenolic OH excluding ortho intramolecular Hbond substituents is 1. The van der Waals surface area contributed by atoms with Crippen molar-refractivity contribution >= 4 is 45.5 Å². The molecule has 10 aromatic carbocycles. The largest absolute Gasteiger partial charge is 2.00 e. The number of ether oxygens (including phenoxy) is 6. The van der Waals surface area contributed by atoms with E-state index < -0.39 is 41.2 Å². The number of hydrogen-bond donors (Lipinski definition) is 1. The van der Waals surface area contributed by atoms with Crippen molar-refractivity contribution in [1.29, 1.82) is 0 Å². The van der Waals surface area contributed by atoms with Crippen molar-refractivity contribution in [2.45, 2.75) is 244 Å². The molecule has 3 aromatic heterocycles. The van der Waals surface area contributed by atoms with Gasteiger partial charge in [0, 0.05) is 130 Å². The summed E-state index contributed by atoms with van der Waals surface area (Å²) in [6.07, 6.45) is 20.4. The van der Waals surface area contributed by atoms with Gasteiger partial charge in [0.2, 0.25) is 0 Å². The predicted molar refractivity (Wildman–Crippen MR) is 487 cm³/mol. The van der Waals surface area contributed by atoms with Crippen LogP contribution in [0, 0.1) is 31.1 Å². The molecular formula is C106H110N8O11U-6. The minimum atomic E-state index is -0.836. The van der Waals surface area contributed by atoms with Crippen molar-refractivity contribution in [3.63, 3.8) is 0 Å². The standard InChI is InChI=1S/C106H112N8O9.2O.U/c1-11-15-19-29-43-68-72-55-73-69(44-30-20-16-12-2)74-56-75-70(45-31-21-17-13-3)76-57-77-71(46-32-22-18-14-4)79-58-78(68)97(117)80(63-108-95(65-41-27-24-28-42-65)94(64-39-25-23-26-40-64)107-62-66-53-67(105(5,6)7)54-81(96(66)116)106(8,9)10)98(79)123-104-103(113-86-51-37-38-52-87(86)114-104)122-93(77)61-92(76)121-102-101(111-84-49-35-36-50-85(84)112-102)120-91(75)60-90(74)119-100-99(118-89(73)59-88(72)115)109-82-47-33-34-48-83(82)110-100;;;/h23-28,33-42,47-63,68-71,94-95,115-117H,11-22,29-32,43-46H2,1-10H3;;;/q;2*-2;/p-2/t68-,69+,70+,71+,94+,95+;;;/m0.../s1. The zero-order valence-electron chi connectivity index (χ0n) is 73.8. The molecule has 8 bridgehead atoms. The molecule has 0 radical (unpaired) electrons. The van der Waals surface area contributed by atoms with Gasteiger partial charge in [0.05, 0.1) is 33.1 Å². The molecule has 20 heteroatoms. The van der Waals surface area contributed by atoms with Crippen molar-refractivity contribution in [3.8, 4) is 87.0 Å². The van der Waals surface area contributed by atoms with Gasteiger partial charge in [-0.2, -0.15) is 0 Å². The van der Waals surface area contributed by atoms with Gasteiger partial charge in [-0.25, -0.2) is 29.9 Å². The number of aliphatic imine (C=N–C) groups is 2. The summed E-state index contributed by atoms with van der Waals surface area (Å²) in [5.41, 5.74) is 12.5. The first-order valence-corrected chi connectivity index (χ1v) is 44.8. The van der Waals surface area contributed by atoms with Crippen LogP contribution >= 0.6 is 0 Å². The van der Waals surface area contributed by atoms with Crippen LogP contribution in [0.5, 0.6) is 87.0 Å². The van der Waals surface area contributed by atoms with Gasteiger partial charge in [-0.1, -0.05) is 299 Å². The molecule has 4 aliphatic rings. The molecule has 650 valence electrons. The maximum Gasteiger partial charge on any atom is 0.284 e. The Morgan fingerprint density at radius 2 is 0.667 bits per heavy atom. The monoisotopic (exact) mass is 1910 g/mol. The van der Waals surface area contributed by atoms with E-state index in [-0.39, 0.29) is 111 Å². The summed E-state index contributed by atoms with van der Waals surface area (Å²) in [7, 11) is 0. The number of nitrogens with zero attached hydrogens (tertiary/aromatic N) is 8. The number of aromatic hydroxyl groups is 1. The molecule has 6 heterocycles. The molecular weight excluding hydrogens is 1800 g/mol. The fourth-order valence-corrected chi connectivity index (χ4v) is 18.3. The van der Waals surface area contributed by atoms with Crippen molar-refractivity contribution in [1.82, 2.24) is 29.9 Å². The van der Waals surface area contributed by atoms with Crippen molar-refractivity contribution < 1.29 is 85.8 Å². The number of para-hydroxylation sites is 6. The zero-order chi connectivity index (χ0) is 85.0. The second-order valence-corrected chi connectivity index (χ2v) is 35.8. The molecule has 0 unspecified atom stereocenters. The summed E-state index contributed by atoms with van der Waals surface area (Å²) < 4.78 is 45.2. The molecule has 17 rings (SSSR count). The minimum Gasteiger partial charge on any atom is -2.00 e. The Kier molecular flexibility index (Phi) is 28.7. The van der Waals surface area contributed by atoms with Crippen LogP contribution in [0.25, 0.3) is 33.1 Å². The molecule has 19 nitrogen and oxygen atoms in total. The SMILES string of the molecule is CCCCCC[C@@H]1c2cc3c(O)cc2Oc2nc4ccccc4nc2Oc2cc4c(cc21)[C@@H](CCCCCC)c1cc2c(cc1Oc1nc5ccccc5nc1O4)Oc1nc4ccccc4nc1Oc1c(cc(c([O-])c1C=N[C@H](c1ccccc1)[C@H](N=Cc1cc(C(C)(C)C)cc(C(C)(C)C)c1[O-])c1ccccc1)[C@H]3CCCCCC)[C@@H]2CCCCCC.[O-2].[O-2].[U]. The Hall–Kier alpha value is -11.3. The Bertz CT molecular complexity index is 6130. The van der Waals surface area contributed by atoms with Crippen molar-refractivity contribution in [3.05, 3.63) is 266 Å². The summed E-state index contributed by atoms with van der Waals surface area (Å²) in [5, 5.41) is 46.7. The maximum atomic E-state index is 17.9. The Morgan fingerprint density at radius 1 is 0.349 bits per heavy atom. The molecule has 1 N–H and O–H groups in total. The Balaban J connectivity index is 0.00000429. The zero-order valence-corrected chi connectivity index (χ0v) is 77.9. The van der Waals surface area contributed by atoms with E-state index >= 15 is 10.2 Å². The Morgan fingerprint density at radius 3 is 1.02 bits per heavy atom. The van der Waals surface area contributed by atoms with E-state index in [1.807, 2.05) is 152 Å². The first-order chi connectivity index (χ1) is 59.8. The molecule has 0 saturated heterocycles. The summed E-state index contributed by atoms with van der Waals surface area (Å²) in [6.45, 7) is 21.6. The number of unbranched alkanes of at least 4 members (excludes halogenated alkanes) is 12. The molecule has 0 spiro atoms. The second-order valence-electron chi connectivity index (χ2n) is 35.8. The van der Waals surface area contributed by atoms with Gasteiger partial charge in [0.15, 0.2) is 0 Å². The molecule has 0 saturated carbocycles. The number of aromatic nitrogens is 6. The van der Waals surface area contributed by atoms with Gasteiger partial charge in [-0.15, -0.1) is 0 Å². The van der Waals surface area contributed by atoms with E-state index in [1.165, 1.54) is 0 Å².